The molecule has 2 aromatic rings. The Hall–Kier alpha value is -1.96. The fraction of sp³-hybridized carbons (Fsp3) is 0.294. The molecule has 0 saturated carbocycles. The zero-order valence-electron chi connectivity index (χ0n) is 12.0. The number of ether oxygens (including phenoxy) is 2. The van der Waals surface area contributed by atoms with E-state index in [1.807, 2.05) is 36.4 Å². The normalized spacial score (nSPS) is 9.81. The van der Waals surface area contributed by atoms with Crippen molar-refractivity contribution in [3.8, 4) is 23.3 Å². The van der Waals surface area contributed by atoms with E-state index in [0.717, 1.165) is 34.3 Å². The average molecular weight is 302 g/mol. The van der Waals surface area contributed by atoms with E-state index >= 15 is 0 Å². The van der Waals surface area contributed by atoms with Gasteiger partial charge in [0, 0.05) is 4.88 Å². The van der Waals surface area contributed by atoms with Crippen molar-refractivity contribution < 1.29 is 14.6 Å². The van der Waals surface area contributed by atoms with Crippen LogP contribution in [0.5, 0.6) is 11.5 Å². The lowest BCUT2D eigenvalue weighted by molar-refractivity contribution is 0.304. The van der Waals surface area contributed by atoms with Crippen LogP contribution in [0.3, 0.4) is 0 Å². The Bertz CT molecular complexity index is 605. The minimum absolute atomic E-state index is 0.115. The van der Waals surface area contributed by atoms with Crippen molar-refractivity contribution in [3.63, 3.8) is 0 Å². The van der Waals surface area contributed by atoms with E-state index in [1.165, 1.54) is 0 Å². The molecule has 0 spiro atoms. The number of thiophene rings is 1. The summed E-state index contributed by atoms with van der Waals surface area (Å²) in [5, 5.41) is 8.66. The van der Waals surface area contributed by atoms with Crippen molar-refractivity contribution in [1.29, 1.82) is 0 Å². The molecule has 4 heteroatoms. The zero-order valence-corrected chi connectivity index (χ0v) is 12.8. The molecule has 0 radical (unpaired) electrons. The van der Waals surface area contributed by atoms with Crippen LogP contribution in [0, 0.1) is 11.8 Å². The fourth-order valence-corrected chi connectivity index (χ4v) is 2.45. The standard InChI is InChI=1S/C17H18O3S/c1-2-12-19-14-5-7-15(8-6-14)20-13-17-10-9-16(21-17)4-3-11-18/h5-10,18H,2,11-13H2,1H3. The largest absolute Gasteiger partial charge is 0.494 e. The number of hydrogen-bond acceptors (Lipinski definition) is 4. The molecule has 1 aromatic carbocycles. The minimum atomic E-state index is -0.115. The Morgan fingerprint density at radius 1 is 1.05 bits per heavy atom. The molecule has 0 atom stereocenters. The van der Waals surface area contributed by atoms with Gasteiger partial charge in [-0.25, -0.2) is 0 Å². The van der Waals surface area contributed by atoms with Crippen LogP contribution in [0.25, 0.3) is 0 Å². The van der Waals surface area contributed by atoms with Crippen LogP contribution in [-0.4, -0.2) is 18.3 Å². The molecule has 0 saturated heterocycles. The molecule has 0 amide bonds. The van der Waals surface area contributed by atoms with E-state index < -0.39 is 0 Å². The maximum absolute atomic E-state index is 8.66. The highest BCUT2D eigenvalue weighted by Crippen LogP contribution is 2.21. The number of aliphatic hydroxyl groups excluding tert-OH is 1. The van der Waals surface area contributed by atoms with Crippen molar-refractivity contribution in [2.24, 2.45) is 0 Å². The van der Waals surface area contributed by atoms with Gasteiger partial charge in [-0.05, 0) is 42.8 Å². The molecule has 2 rings (SSSR count). The summed E-state index contributed by atoms with van der Waals surface area (Å²) in [6, 6.07) is 11.6. The summed E-state index contributed by atoms with van der Waals surface area (Å²) in [5.74, 6) is 7.20. The second kappa shape index (κ2) is 8.35. The number of rotatable bonds is 6. The van der Waals surface area contributed by atoms with Gasteiger partial charge in [-0.1, -0.05) is 18.8 Å². The molecule has 3 nitrogen and oxygen atoms in total. The SMILES string of the molecule is CCCOc1ccc(OCc2ccc(C#CCO)s2)cc1. The van der Waals surface area contributed by atoms with Gasteiger partial charge in [-0.3, -0.25) is 0 Å². The summed E-state index contributed by atoms with van der Waals surface area (Å²) in [4.78, 5) is 2.04. The highest BCUT2D eigenvalue weighted by atomic mass is 32.1. The molecule has 0 bridgehead atoms. The molecule has 0 fully saturated rings. The Morgan fingerprint density at radius 2 is 1.76 bits per heavy atom. The Labute approximate surface area is 129 Å². The highest BCUT2D eigenvalue weighted by molar-refractivity contribution is 7.12. The van der Waals surface area contributed by atoms with Gasteiger partial charge >= 0.3 is 0 Å². The topological polar surface area (TPSA) is 38.7 Å². The number of hydrogen-bond donors (Lipinski definition) is 1. The Kier molecular flexibility index (Phi) is 6.14. The van der Waals surface area contributed by atoms with Gasteiger partial charge in [0.2, 0.25) is 0 Å². The molecule has 1 heterocycles. The molecule has 1 N–H and O–H groups in total. The summed E-state index contributed by atoms with van der Waals surface area (Å²) in [5.41, 5.74) is 0. The van der Waals surface area contributed by atoms with E-state index in [0.29, 0.717) is 6.61 Å². The molecule has 0 aliphatic carbocycles. The summed E-state index contributed by atoms with van der Waals surface area (Å²) in [6.07, 6.45) is 0.998. The van der Waals surface area contributed by atoms with E-state index in [-0.39, 0.29) is 6.61 Å². The van der Waals surface area contributed by atoms with E-state index in [9.17, 15) is 0 Å². The van der Waals surface area contributed by atoms with Gasteiger partial charge in [-0.15, -0.1) is 11.3 Å². The van der Waals surface area contributed by atoms with Crippen molar-refractivity contribution in [2.45, 2.75) is 20.0 Å². The van der Waals surface area contributed by atoms with Gasteiger partial charge in [0.1, 0.15) is 24.7 Å². The van der Waals surface area contributed by atoms with Crippen LogP contribution in [0.2, 0.25) is 0 Å². The molecule has 110 valence electrons. The van der Waals surface area contributed by atoms with Gasteiger partial charge in [0.05, 0.1) is 11.5 Å². The summed E-state index contributed by atoms with van der Waals surface area (Å²) < 4.78 is 11.3. The maximum atomic E-state index is 8.66. The van der Waals surface area contributed by atoms with Gasteiger partial charge < -0.3 is 14.6 Å². The molecule has 0 aliphatic heterocycles. The average Bonchev–Trinajstić information content (AvgIpc) is 2.98. The van der Waals surface area contributed by atoms with Gasteiger partial charge in [0.25, 0.3) is 0 Å². The third-order valence-electron chi connectivity index (χ3n) is 2.63. The fourth-order valence-electron chi connectivity index (χ4n) is 1.66. The second-order valence-electron chi connectivity index (χ2n) is 4.33. The Morgan fingerprint density at radius 3 is 2.43 bits per heavy atom. The van der Waals surface area contributed by atoms with E-state index in [1.54, 1.807) is 11.3 Å². The van der Waals surface area contributed by atoms with Crippen LogP contribution in [0.15, 0.2) is 36.4 Å². The highest BCUT2D eigenvalue weighted by Gasteiger charge is 2.00. The quantitative estimate of drug-likeness (QED) is 0.831. The van der Waals surface area contributed by atoms with Gasteiger partial charge in [0.15, 0.2) is 0 Å². The molecular weight excluding hydrogens is 284 g/mol. The number of aliphatic hydroxyl groups is 1. The van der Waals surface area contributed by atoms with Gasteiger partial charge in [-0.2, -0.15) is 0 Å². The van der Waals surface area contributed by atoms with Crippen molar-refractivity contribution >= 4 is 11.3 Å². The first-order valence-electron chi connectivity index (χ1n) is 6.86. The molecule has 0 unspecified atom stereocenters. The van der Waals surface area contributed by atoms with Crippen LogP contribution < -0.4 is 9.47 Å². The van der Waals surface area contributed by atoms with Crippen LogP contribution >= 0.6 is 11.3 Å². The van der Waals surface area contributed by atoms with Crippen LogP contribution in [-0.2, 0) is 6.61 Å². The van der Waals surface area contributed by atoms with E-state index in [2.05, 4.69) is 18.8 Å². The zero-order chi connectivity index (χ0) is 14.9. The lowest BCUT2D eigenvalue weighted by atomic mass is 10.3. The second-order valence-corrected chi connectivity index (χ2v) is 5.50. The predicted molar refractivity (Wildman–Crippen MR) is 84.8 cm³/mol. The molecular formula is C17H18O3S. The molecule has 1 aromatic heterocycles. The summed E-state index contributed by atoms with van der Waals surface area (Å²) in [7, 11) is 0. The third-order valence-corrected chi connectivity index (χ3v) is 3.60. The van der Waals surface area contributed by atoms with E-state index in [4.69, 9.17) is 14.6 Å². The summed E-state index contributed by atoms with van der Waals surface area (Å²) >= 11 is 1.57. The van der Waals surface area contributed by atoms with Crippen molar-refractivity contribution in [1.82, 2.24) is 0 Å². The monoisotopic (exact) mass is 302 g/mol. The molecule has 21 heavy (non-hydrogen) atoms. The summed E-state index contributed by atoms with van der Waals surface area (Å²) in [6.45, 7) is 3.21. The third kappa shape index (κ3) is 5.14. The first kappa shape index (κ1) is 15.4. The lowest BCUT2D eigenvalue weighted by Crippen LogP contribution is -1.95. The molecule has 0 aliphatic rings. The number of benzene rings is 1. The predicted octanol–water partition coefficient (Wildman–Crippen LogP) is 3.46. The first-order valence-corrected chi connectivity index (χ1v) is 7.67. The minimum Gasteiger partial charge on any atom is -0.494 e. The lowest BCUT2D eigenvalue weighted by Gasteiger charge is -2.07. The smallest absolute Gasteiger partial charge is 0.122 e. The Balaban J connectivity index is 1.86. The first-order chi connectivity index (χ1) is 10.3. The van der Waals surface area contributed by atoms with Crippen molar-refractivity contribution in [2.75, 3.05) is 13.2 Å². The van der Waals surface area contributed by atoms with Crippen LogP contribution in [0.4, 0.5) is 0 Å². The maximum Gasteiger partial charge on any atom is 0.122 e. The van der Waals surface area contributed by atoms with Crippen LogP contribution in [0.1, 0.15) is 23.1 Å². The van der Waals surface area contributed by atoms with Crippen molar-refractivity contribution in [3.05, 3.63) is 46.2 Å².